The summed E-state index contributed by atoms with van der Waals surface area (Å²) in [7, 11) is -3.87. The molecule has 0 saturated carbocycles. The van der Waals surface area contributed by atoms with Crippen LogP contribution in [0.3, 0.4) is 0 Å². The second-order valence-corrected chi connectivity index (χ2v) is 9.59. The summed E-state index contributed by atoms with van der Waals surface area (Å²) in [4.78, 5) is 13.2. The molecule has 2 atom stereocenters. The van der Waals surface area contributed by atoms with Crippen LogP contribution in [0.15, 0.2) is 94.3 Å². The Labute approximate surface area is 185 Å². The topological polar surface area (TPSA) is 75.3 Å². The van der Waals surface area contributed by atoms with Gasteiger partial charge in [-0.3, -0.25) is 4.79 Å². The average Bonchev–Trinajstić information content (AvgIpc) is 2.74. The number of benzene rings is 3. The Hall–Kier alpha value is -2.48. The van der Waals surface area contributed by atoms with Gasteiger partial charge in [0, 0.05) is 4.47 Å². The Morgan fingerprint density at radius 2 is 1.47 bits per heavy atom. The van der Waals surface area contributed by atoms with Crippen LogP contribution in [-0.4, -0.2) is 20.4 Å². The van der Waals surface area contributed by atoms with Gasteiger partial charge in [-0.2, -0.15) is 4.72 Å². The first-order valence-corrected chi connectivity index (χ1v) is 11.8. The van der Waals surface area contributed by atoms with Gasteiger partial charge in [0.2, 0.25) is 15.9 Å². The number of hydrogen-bond donors (Lipinski definition) is 2. The van der Waals surface area contributed by atoms with Crippen molar-refractivity contribution >= 4 is 31.9 Å². The van der Waals surface area contributed by atoms with E-state index in [1.807, 2.05) is 67.6 Å². The summed E-state index contributed by atoms with van der Waals surface area (Å²) >= 11 is 3.30. The molecular formula is C23H23BrN2O3S. The normalized spacial score (nSPS) is 13.4. The predicted octanol–water partition coefficient (Wildman–Crippen LogP) is 4.22. The van der Waals surface area contributed by atoms with E-state index in [1.54, 1.807) is 12.1 Å². The van der Waals surface area contributed by atoms with Crippen LogP contribution in [0.4, 0.5) is 0 Å². The smallest absolute Gasteiger partial charge is 0.241 e. The molecule has 156 valence electrons. The first-order chi connectivity index (χ1) is 14.3. The highest BCUT2D eigenvalue weighted by molar-refractivity contribution is 9.10. The van der Waals surface area contributed by atoms with Gasteiger partial charge in [-0.25, -0.2) is 8.42 Å². The van der Waals surface area contributed by atoms with Gasteiger partial charge in [0.05, 0.1) is 10.9 Å². The maximum Gasteiger partial charge on any atom is 0.241 e. The van der Waals surface area contributed by atoms with Gasteiger partial charge in [0.15, 0.2) is 0 Å². The molecule has 0 unspecified atom stereocenters. The highest BCUT2D eigenvalue weighted by atomic mass is 79.9. The van der Waals surface area contributed by atoms with Gasteiger partial charge in [-0.15, -0.1) is 0 Å². The highest BCUT2D eigenvalue weighted by Crippen LogP contribution is 2.17. The molecule has 0 bridgehead atoms. The molecule has 0 heterocycles. The number of rotatable bonds is 8. The van der Waals surface area contributed by atoms with Crippen molar-refractivity contribution in [1.82, 2.24) is 10.0 Å². The number of hydrogen-bond acceptors (Lipinski definition) is 3. The average molecular weight is 487 g/mol. The third-order valence-electron chi connectivity index (χ3n) is 4.68. The Balaban J connectivity index is 1.82. The largest absolute Gasteiger partial charge is 0.348 e. The molecule has 0 aliphatic rings. The summed E-state index contributed by atoms with van der Waals surface area (Å²) < 4.78 is 29.1. The van der Waals surface area contributed by atoms with E-state index in [9.17, 15) is 13.2 Å². The van der Waals surface area contributed by atoms with E-state index in [4.69, 9.17) is 0 Å². The van der Waals surface area contributed by atoms with Gasteiger partial charge in [0.25, 0.3) is 0 Å². The number of sulfonamides is 1. The monoisotopic (exact) mass is 486 g/mol. The molecule has 2 N–H and O–H groups in total. The number of halogens is 1. The summed E-state index contributed by atoms with van der Waals surface area (Å²) in [5.74, 6) is -0.379. The number of amides is 1. The lowest BCUT2D eigenvalue weighted by Crippen LogP contribution is -2.48. The number of nitrogens with one attached hydrogen (secondary N) is 2. The first kappa shape index (κ1) is 22.2. The van der Waals surface area contributed by atoms with Crippen LogP contribution < -0.4 is 10.0 Å². The van der Waals surface area contributed by atoms with Gasteiger partial charge >= 0.3 is 0 Å². The Morgan fingerprint density at radius 3 is 2.07 bits per heavy atom. The fourth-order valence-corrected chi connectivity index (χ4v) is 4.51. The van der Waals surface area contributed by atoms with Crippen molar-refractivity contribution in [2.45, 2.75) is 30.3 Å². The summed E-state index contributed by atoms with van der Waals surface area (Å²) in [6.07, 6.45) is 0.240. The first-order valence-electron chi connectivity index (χ1n) is 9.52. The minimum absolute atomic E-state index is 0.104. The molecule has 0 radical (unpaired) electrons. The zero-order valence-electron chi connectivity index (χ0n) is 16.5. The quantitative estimate of drug-likeness (QED) is 0.500. The zero-order chi connectivity index (χ0) is 21.6. The fourth-order valence-electron chi connectivity index (χ4n) is 3.05. The Bertz CT molecular complexity index is 1070. The number of carbonyl (C=O) groups is 1. The summed E-state index contributed by atoms with van der Waals surface area (Å²) in [5, 5.41) is 2.93. The summed E-state index contributed by atoms with van der Waals surface area (Å²) in [5.41, 5.74) is 1.81. The molecule has 7 heteroatoms. The van der Waals surface area contributed by atoms with Gasteiger partial charge in [0.1, 0.15) is 6.04 Å². The van der Waals surface area contributed by atoms with E-state index >= 15 is 0 Å². The van der Waals surface area contributed by atoms with Crippen LogP contribution in [0.5, 0.6) is 0 Å². The van der Waals surface area contributed by atoms with E-state index in [1.165, 1.54) is 12.1 Å². The van der Waals surface area contributed by atoms with E-state index < -0.39 is 16.1 Å². The lowest BCUT2D eigenvalue weighted by atomic mass is 10.0. The van der Waals surface area contributed by atoms with Crippen molar-refractivity contribution in [3.63, 3.8) is 0 Å². The maximum atomic E-state index is 13.0. The molecule has 0 fully saturated rings. The van der Waals surface area contributed by atoms with Crippen LogP contribution in [0.2, 0.25) is 0 Å². The van der Waals surface area contributed by atoms with E-state index in [2.05, 4.69) is 26.0 Å². The standard InChI is InChI=1S/C23H23BrN2O3S/c1-17(19-10-6-3-7-11-19)25-23(27)22(16-18-8-4-2-5-9-18)26-30(28,29)21-14-12-20(24)13-15-21/h2-15,17,22,26H,16H2,1H3,(H,25,27)/t17-,22+/m1/s1. The molecule has 5 nitrogen and oxygen atoms in total. The number of carbonyl (C=O) groups excluding carboxylic acids is 1. The minimum Gasteiger partial charge on any atom is -0.348 e. The third kappa shape index (κ3) is 6.01. The van der Waals surface area contributed by atoms with Crippen molar-refractivity contribution in [3.8, 4) is 0 Å². The molecule has 0 aliphatic carbocycles. The van der Waals surface area contributed by atoms with Crippen LogP contribution in [0.1, 0.15) is 24.1 Å². The van der Waals surface area contributed by atoms with E-state index in [0.29, 0.717) is 0 Å². The van der Waals surface area contributed by atoms with Crippen LogP contribution in [-0.2, 0) is 21.2 Å². The van der Waals surface area contributed by atoms with Crippen molar-refractivity contribution in [2.75, 3.05) is 0 Å². The van der Waals surface area contributed by atoms with Crippen molar-refractivity contribution in [2.24, 2.45) is 0 Å². The molecule has 30 heavy (non-hydrogen) atoms. The van der Waals surface area contributed by atoms with Gasteiger partial charge in [-0.05, 0) is 48.7 Å². The second kappa shape index (κ2) is 10.0. The van der Waals surface area contributed by atoms with Gasteiger partial charge in [-0.1, -0.05) is 76.6 Å². The molecule has 0 aromatic heterocycles. The Kier molecular flexibility index (Phi) is 7.42. The van der Waals surface area contributed by atoms with Crippen LogP contribution in [0, 0.1) is 0 Å². The Morgan fingerprint density at radius 1 is 0.900 bits per heavy atom. The SMILES string of the molecule is C[C@@H](NC(=O)[C@H](Cc1ccccc1)NS(=O)(=O)c1ccc(Br)cc1)c1ccccc1. The highest BCUT2D eigenvalue weighted by Gasteiger charge is 2.27. The van der Waals surface area contributed by atoms with Gasteiger partial charge < -0.3 is 5.32 Å². The molecule has 3 aromatic rings. The molecule has 0 aliphatic heterocycles. The lowest BCUT2D eigenvalue weighted by molar-refractivity contribution is -0.123. The second-order valence-electron chi connectivity index (χ2n) is 6.96. The molecule has 3 aromatic carbocycles. The maximum absolute atomic E-state index is 13.0. The predicted molar refractivity (Wildman–Crippen MR) is 121 cm³/mol. The van der Waals surface area contributed by atoms with E-state index in [0.717, 1.165) is 15.6 Å². The van der Waals surface area contributed by atoms with E-state index in [-0.39, 0.29) is 23.3 Å². The molecule has 3 rings (SSSR count). The molecule has 0 saturated heterocycles. The molecule has 1 amide bonds. The lowest BCUT2D eigenvalue weighted by Gasteiger charge is -2.22. The zero-order valence-corrected chi connectivity index (χ0v) is 18.9. The third-order valence-corrected chi connectivity index (χ3v) is 6.70. The molecular weight excluding hydrogens is 464 g/mol. The van der Waals surface area contributed by atoms with Crippen molar-refractivity contribution in [1.29, 1.82) is 0 Å². The summed E-state index contributed by atoms with van der Waals surface area (Å²) in [6.45, 7) is 1.87. The summed E-state index contributed by atoms with van der Waals surface area (Å²) in [6, 6.07) is 24.0. The van der Waals surface area contributed by atoms with Crippen molar-refractivity contribution < 1.29 is 13.2 Å². The van der Waals surface area contributed by atoms with Crippen molar-refractivity contribution in [3.05, 3.63) is 101 Å². The van der Waals surface area contributed by atoms with Crippen LogP contribution in [0.25, 0.3) is 0 Å². The minimum atomic E-state index is -3.87. The molecule has 0 spiro atoms. The van der Waals surface area contributed by atoms with Crippen LogP contribution >= 0.6 is 15.9 Å². The fraction of sp³-hybridized carbons (Fsp3) is 0.174.